The summed E-state index contributed by atoms with van der Waals surface area (Å²) in [5, 5.41) is 0. The van der Waals surface area contributed by atoms with Crippen LogP contribution in [0, 0.1) is 6.92 Å². The Balaban J connectivity index is 1.70. The van der Waals surface area contributed by atoms with Crippen LogP contribution in [-0.4, -0.2) is 22.5 Å². The van der Waals surface area contributed by atoms with Gasteiger partial charge in [0, 0.05) is 36.2 Å². The molecule has 2 heteroatoms. The largest absolute Gasteiger partial charge is 0.368 e. The average Bonchev–Trinajstić information content (AvgIpc) is 3.08. The monoisotopic (exact) mass is 318 g/mol. The van der Waals surface area contributed by atoms with E-state index in [0.717, 1.165) is 30.6 Å². The average molecular weight is 318 g/mol. The lowest BCUT2D eigenvalue weighted by Gasteiger charge is -2.29. The summed E-state index contributed by atoms with van der Waals surface area (Å²) in [6.45, 7) is 11.6. The maximum Gasteiger partial charge on any atom is 0.0384 e. The molecule has 0 radical (unpaired) electrons. The second-order valence-corrected chi connectivity index (χ2v) is 6.57. The van der Waals surface area contributed by atoms with Crippen LogP contribution in [0.1, 0.15) is 41.5 Å². The number of likely N-dealkylation sites (tertiary alicyclic amines) is 1. The van der Waals surface area contributed by atoms with Crippen LogP contribution >= 0.6 is 0 Å². The van der Waals surface area contributed by atoms with Crippen molar-refractivity contribution in [2.75, 3.05) is 6.54 Å². The number of hydrogen-bond donors (Lipinski definition) is 0. The van der Waals surface area contributed by atoms with E-state index in [9.17, 15) is 0 Å². The lowest BCUT2D eigenvalue weighted by Crippen LogP contribution is -2.28. The van der Waals surface area contributed by atoms with Gasteiger partial charge in [-0.25, -0.2) is 0 Å². The fourth-order valence-electron chi connectivity index (χ4n) is 3.76. The molecule has 0 amide bonds. The van der Waals surface area contributed by atoms with Crippen molar-refractivity contribution in [1.82, 2.24) is 9.88 Å². The van der Waals surface area contributed by atoms with E-state index in [2.05, 4.69) is 54.2 Å². The van der Waals surface area contributed by atoms with E-state index < -0.39 is 0 Å². The molecule has 0 bridgehead atoms. The second-order valence-electron chi connectivity index (χ2n) is 6.57. The Morgan fingerprint density at radius 2 is 2.21 bits per heavy atom. The van der Waals surface area contributed by atoms with Crippen LogP contribution in [0.4, 0.5) is 0 Å². The number of rotatable bonds is 6. The molecule has 1 atom stereocenters. The van der Waals surface area contributed by atoms with E-state index in [0.29, 0.717) is 6.04 Å². The Hall–Kier alpha value is -2.35. The number of aryl methyl sites for hydroxylation is 2. The van der Waals surface area contributed by atoms with Gasteiger partial charge < -0.3 is 4.90 Å². The molecule has 1 aliphatic rings. The minimum Gasteiger partial charge on any atom is -0.368 e. The molecular formula is C22H26N2. The molecule has 1 aliphatic heterocycles. The topological polar surface area (TPSA) is 16.1 Å². The summed E-state index contributed by atoms with van der Waals surface area (Å²) in [4.78, 5) is 6.70. The van der Waals surface area contributed by atoms with Crippen molar-refractivity contribution in [3.8, 4) is 0 Å². The third kappa shape index (κ3) is 3.43. The fourth-order valence-corrected chi connectivity index (χ4v) is 3.76. The Morgan fingerprint density at radius 1 is 1.33 bits per heavy atom. The van der Waals surface area contributed by atoms with E-state index >= 15 is 0 Å². The van der Waals surface area contributed by atoms with Gasteiger partial charge in [0.2, 0.25) is 0 Å². The minimum absolute atomic E-state index is 0.566. The summed E-state index contributed by atoms with van der Waals surface area (Å²) < 4.78 is 0. The smallest absolute Gasteiger partial charge is 0.0384 e. The molecule has 1 saturated heterocycles. The zero-order valence-electron chi connectivity index (χ0n) is 14.5. The Labute approximate surface area is 145 Å². The van der Waals surface area contributed by atoms with E-state index in [-0.39, 0.29) is 0 Å². The standard InChI is InChI=1S/C22H26N2/c1-4-22-17(2)8-5-9-19(22)12-13-21-11-7-15-24(21)18(3)20-10-6-14-23-16-20/h4-6,8-10,14,16,21H,1,3,7,11-13,15H2,2H3. The first-order chi connectivity index (χ1) is 11.7. The van der Waals surface area contributed by atoms with Gasteiger partial charge in [-0.05, 0) is 61.4 Å². The van der Waals surface area contributed by atoms with Crippen LogP contribution in [0.15, 0.2) is 55.9 Å². The highest BCUT2D eigenvalue weighted by Crippen LogP contribution is 2.30. The molecule has 1 fully saturated rings. The number of hydrogen-bond acceptors (Lipinski definition) is 2. The van der Waals surface area contributed by atoms with Crippen molar-refractivity contribution < 1.29 is 0 Å². The van der Waals surface area contributed by atoms with Gasteiger partial charge in [0.25, 0.3) is 0 Å². The molecule has 1 unspecified atom stereocenters. The molecular weight excluding hydrogens is 292 g/mol. The van der Waals surface area contributed by atoms with Crippen LogP contribution in [0.3, 0.4) is 0 Å². The fraction of sp³-hybridized carbons (Fsp3) is 0.318. The van der Waals surface area contributed by atoms with Crippen LogP contribution in [0.5, 0.6) is 0 Å². The highest BCUT2D eigenvalue weighted by atomic mass is 15.2. The van der Waals surface area contributed by atoms with Gasteiger partial charge >= 0.3 is 0 Å². The molecule has 0 spiro atoms. The molecule has 1 aromatic heterocycles. The first kappa shape index (κ1) is 16.5. The minimum atomic E-state index is 0.566. The van der Waals surface area contributed by atoms with Gasteiger partial charge in [-0.1, -0.05) is 37.4 Å². The maximum absolute atomic E-state index is 4.33. The second kappa shape index (κ2) is 7.48. The summed E-state index contributed by atoms with van der Waals surface area (Å²) in [5.74, 6) is 0. The molecule has 3 rings (SSSR count). The van der Waals surface area contributed by atoms with Crippen molar-refractivity contribution in [1.29, 1.82) is 0 Å². The molecule has 0 N–H and O–H groups in total. The van der Waals surface area contributed by atoms with Crippen molar-refractivity contribution >= 4 is 11.8 Å². The highest BCUT2D eigenvalue weighted by molar-refractivity contribution is 5.61. The summed E-state index contributed by atoms with van der Waals surface area (Å²) in [7, 11) is 0. The summed E-state index contributed by atoms with van der Waals surface area (Å²) >= 11 is 0. The lowest BCUT2D eigenvalue weighted by atomic mass is 9.96. The molecule has 1 aromatic carbocycles. The number of pyridine rings is 1. The van der Waals surface area contributed by atoms with Gasteiger partial charge in [0.05, 0.1) is 0 Å². The van der Waals surface area contributed by atoms with Crippen molar-refractivity contribution in [3.63, 3.8) is 0 Å². The molecule has 2 aromatic rings. The summed E-state index contributed by atoms with van der Waals surface area (Å²) in [6.07, 6.45) is 10.4. The number of aromatic nitrogens is 1. The third-order valence-electron chi connectivity index (χ3n) is 5.08. The number of benzene rings is 1. The van der Waals surface area contributed by atoms with Gasteiger partial charge in [-0.15, -0.1) is 0 Å². The molecule has 124 valence electrons. The molecule has 2 heterocycles. The summed E-state index contributed by atoms with van der Waals surface area (Å²) in [6, 6.07) is 11.2. The molecule has 24 heavy (non-hydrogen) atoms. The van der Waals surface area contributed by atoms with E-state index in [1.54, 1.807) is 0 Å². The van der Waals surface area contributed by atoms with Gasteiger partial charge in [0.15, 0.2) is 0 Å². The normalized spacial score (nSPS) is 17.0. The summed E-state index contributed by atoms with van der Waals surface area (Å²) in [5.41, 5.74) is 6.26. The van der Waals surface area contributed by atoms with Crippen molar-refractivity contribution in [2.45, 2.75) is 38.6 Å². The van der Waals surface area contributed by atoms with Gasteiger partial charge in [-0.2, -0.15) is 0 Å². The lowest BCUT2D eigenvalue weighted by molar-refractivity contribution is 0.351. The quantitative estimate of drug-likeness (QED) is 0.736. The van der Waals surface area contributed by atoms with Crippen LogP contribution in [-0.2, 0) is 6.42 Å². The Kier molecular flexibility index (Phi) is 5.14. The zero-order valence-corrected chi connectivity index (χ0v) is 14.5. The SMILES string of the molecule is C=Cc1c(C)cccc1CCC1CCCN1C(=C)c1cccnc1. The van der Waals surface area contributed by atoms with E-state index in [4.69, 9.17) is 0 Å². The highest BCUT2D eigenvalue weighted by Gasteiger charge is 2.26. The van der Waals surface area contributed by atoms with Gasteiger partial charge in [0.1, 0.15) is 0 Å². The Bertz CT molecular complexity index is 718. The molecule has 0 saturated carbocycles. The van der Waals surface area contributed by atoms with Gasteiger partial charge in [-0.3, -0.25) is 4.98 Å². The first-order valence-electron chi connectivity index (χ1n) is 8.77. The predicted molar refractivity (Wildman–Crippen MR) is 103 cm³/mol. The van der Waals surface area contributed by atoms with Crippen LogP contribution in [0.25, 0.3) is 11.8 Å². The Morgan fingerprint density at radius 3 is 2.96 bits per heavy atom. The van der Waals surface area contributed by atoms with Crippen LogP contribution < -0.4 is 0 Å². The maximum atomic E-state index is 4.33. The van der Waals surface area contributed by atoms with Crippen molar-refractivity contribution in [2.24, 2.45) is 0 Å². The van der Waals surface area contributed by atoms with Crippen molar-refractivity contribution in [3.05, 3.63) is 78.1 Å². The zero-order chi connectivity index (χ0) is 16.9. The predicted octanol–water partition coefficient (Wildman–Crippen LogP) is 5.10. The van der Waals surface area contributed by atoms with E-state index in [1.807, 2.05) is 24.5 Å². The number of nitrogens with zero attached hydrogens (tertiary/aromatic N) is 2. The first-order valence-corrected chi connectivity index (χ1v) is 8.77. The van der Waals surface area contributed by atoms with Crippen LogP contribution in [0.2, 0.25) is 0 Å². The van der Waals surface area contributed by atoms with E-state index in [1.165, 1.54) is 29.5 Å². The molecule has 2 nitrogen and oxygen atoms in total. The molecule has 0 aliphatic carbocycles. The third-order valence-corrected chi connectivity index (χ3v) is 5.08.